The number of sulfonamides is 1. The standard InChI is InChI=1S/C34H31F4N7O3S/c1-21(46)33-32(26-18-24(35)8-11-28(26)41-33)30-20-45(43-42-30)19-22-12-15-44(16-13-22)17-14-40-49(47,48)25-9-6-23(7-10-25)31-27(34(36,37)38)4-3-5-29(31)39-2/h3-11,18,20,22,40-41H,12-17,19H2,1H3. The van der Waals surface area contributed by atoms with E-state index in [0.29, 0.717) is 46.9 Å². The van der Waals surface area contributed by atoms with Crippen molar-refractivity contribution < 1.29 is 30.8 Å². The molecule has 0 bridgehead atoms. The number of halogens is 4. The Hall–Kier alpha value is -4.91. The molecule has 3 heterocycles. The first-order valence-corrected chi connectivity index (χ1v) is 16.9. The molecule has 254 valence electrons. The molecule has 0 amide bonds. The van der Waals surface area contributed by atoms with Gasteiger partial charge in [0.25, 0.3) is 0 Å². The van der Waals surface area contributed by atoms with Crippen LogP contribution >= 0.6 is 0 Å². The van der Waals surface area contributed by atoms with Gasteiger partial charge in [0.1, 0.15) is 11.5 Å². The normalized spacial score (nSPS) is 14.7. The summed E-state index contributed by atoms with van der Waals surface area (Å²) in [7, 11) is -3.93. The molecule has 49 heavy (non-hydrogen) atoms. The minimum Gasteiger partial charge on any atom is -0.352 e. The minimum absolute atomic E-state index is 0.0933. The molecule has 1 aliphatic heterocycles. The molecule has 1 fully saturated rings. The van der Waals surface area contributed by atoms with Crippen molar-refractivity contribution in [2.75, 3.05) is 26.2 Å². The summed E-state index contributed by atoms with van der Waals surface area (Å²) in [5, 5.41) is 9.09. The van der Waals surface area contributed by atoms with E-state index >= 15 is 0 Å². The number of aromatic nitrogens is 4. The van der Waals surface area contributed by atoms with Crippen LogP contribution in [0.3, 0.4) is 0 Å². The van der Waals surface area contributed by atoms with Crippen molar-refractivity contribution in [3.05, 3.63) is 95.4 Å². The van der Waals surface area contributed by atoms with Crippen molar-refractivity contribution >= 4 is 32.4 Å². The number of rotatable bonds is 10. The first-order valence-electron chi connectivity index (χ1n) is 15.5. The lowest BCUT2D eigenvalue weighted by Gasteiger charge is -2.31. The third-order valence-corrected chi connectivity index (χ3v) is 10.2. The number of H-pyrrole nitrogens is 1. The van der Waals surface area contributed by atoms with Gasteiger partial charge in [-0.3, -0.25) is 9.48 Å². The second-order valence-electron chi connectivity index (χ2n) is 12.0. The summed E-state index contributed by atoms with van der Waals surface area (Å²) in [4.78, 5) is 20.6. The zero-order valence-corrected chi connectivity index (χ0v) is 27.1. The van der Waals surface area contributed by atoms with Crippen LogP contribution in [0.5, 0.6) is 0 Å². The van der Waals surface area contributed by atoms with Crippen molar-refractivity contribution in [2.45, 2.75) is 37.4 Å². The number of ketones is 1. The minimum atomic E-state index is -4.68. The number of alkyl halides is 3. The Kier molecular flexibility index (Phi) is 9.39. The van der Waals surface area contributed by atoms with Gasteiger partial charge in [-0.15, -0.1) is 5.10 Å². The van der Waals surface area contributed by atoms with E-state index in [4.69, 9.17) is 6.57 Å². The van der Waals surface area contributed by atoms with Crippen LogP contribution in [0.1, 0.15) is 35.8 Å². The highest BCUT2D eigenvalue weighted by Gasteiger charge is 2.34. The van der Waals surface area contributed by atoms with Gasteiger partial charge in [-0.25, -0.2) is 22.4 Å². The molecular weight excluding hydrogens is 662 g/mol. The monoisotopic (exact) mass is 693 g/mol. The molecule has 6 rings (SSSR count). The first-order chi connectivity index (χ1) is 23.3. The highest BCUT2D eigenvalue weighted by molar-refractivity contribution is 7.89. The van der Waals surface area contributed by atoms with Gasteiger partial charge in [0.05, 0.1) is 28.9 Å². The Morgan fingerprint density at radius 2 is 1.82 bits per heavy atom. The Balaban J connectivity index is 1.02. The van der Waals surface area contributed by atoms with Crippen LogP contribution in [0, 0.1) is 18.3 Å². The van der Waals surface area contributed by atoms with E-state index in [0.717, 1.165) is 32.0 Å². The van der Waals surface area contributed by atoms with Crippen LogP contribution in [0.25, 0.3) is 38.1 Å². The topological polar surface area (TPSA) is 117 Å². The van der Waals surface area contributed by atoms with Gasteiger partial charge in [-0.1, -0.05) is 35.5 Å². The van der Waals surface area contributed by atoms with Gasteiger partial charge < -0.3 is 9.88 Å². The van der Waals surface area contributed by atoms with Gasteiger partial charge in [0, 0.05) is 43.0 Å². The molecule has 0 aliphatic carbocycles. The number of likely N-dealkylation sites (tertiary alicyclic amines) is 1. The fraction of sp³-hybridized carbons (Fsp3) is 0.294. The Morgan fingerprint density at radius 1 is 1.08 bits per heavy atom. The predicted octanol–water partition coefficient (Wildman–Crippen LogP) is 6.70. The lowest BCUT2D eigenvalue weighted by Crippen LogP contribution is -2.40. The molecule has 5 aromatic rings. The van der Waals surface area contributed by atoms with Crippen molar-refractivity contribution in [3.63, 3.8) is 0 Å². The number of aromatic amines is 1. The smallest absolute Gasteiger partial charge is 0.352 e. The fourth-order valence-electron chi connectivity index (χ4n) is 6.25. The fourth-order valence-corrected chi connectivity index (χ4v) is 7.27. The van der Waals surface area contributed by atoms with Crippen LogP contribution in [0.15, 0.2) is 71.8 Å². The number of carbonyl (C=O) groups is 1. The number of hydrogen-bond donors (Lipinski definition) is 2. The summed E-state index contributed by atoms with van der Waals surface area (Å²) in [6.07, 6.45) is -1.25. The van der Waals surface area contributed by atoms with Crippen LogP contribution < -0.4 is 4.72 Å². The van der Waals surface area contributed by atoms with Crippen LogP contribution in [0.2, 0.25) is 0 Å². The summed E-state index contributed by atoms with van der Waals surface area (Å²) in [6, 6.07) is 12.6. The molecule has 0 saturated carbocycles. The number of fused-ring (bicyclic) bond motifs is 1. The third kappa shape index (κ3) is 7.26. The molecule has 15 heteroatoms. The third-order valence-electron chi connectivity index (χ3n) is 8.70. The summed E-state index contributed by atoms with van der Waals surface area (Å²) < 4.78 is 85.1. The summed E-state index contributed by atoms with van der Waals surface area (Å²) in [6.45, 7) is 11.4. The SMILES string of the molecule is [C-]#[N+]c1cccc(C(F)(F)F)c1-c1ccc(S(=O)(=O)NCCN2CCC(Cn3cc(-c4c(C(C)=O)[nH]c5ccc(F)cc45)nn3)CC2)cc1. The van der Waals surface area contributed by atoms with Crippen molar-refractivity contribution in [1.29, 1.82) is 0 Å². The van der Waals surface area contributed by atoms with E-state index < -0.39 is 27.6 Å². The molecule has 3 aromatic carbocycles. The lowest BCUT2D eigenvalue weighted by molar-refractivity contribution is -0.137. The molecule has 2 aromatic heterocycles. The van der Waals surface area contributed by atoms with Gasteiger partial charge in [-0.2, -0.15) is 13.2 Å². The van der Waals surface area contributed by atoms with Gasteiger partial charge in [0.2, 0.25) is 10.0 Å². The molecule has 2 N–H and O–H groups in total. The second kappa shape index (κ2) is 13.5. The predicted molar refractivity (Wildman–Crippen MR) is 175 cm³/mol. The Bertz CT molecular complexity index is 2160. The largest absolute Gasteiger partial charge is 0.415 e. The Labute approximate surface area is 279 Å². The van der Waals surface area contributed by atoms with E-state index in [1.165, 1.54) is 55.5 Å². The molecule has 1 saturated heterocycles. The van der Waals surface area contributed by atoms with Gasteiger partial charge in [-0.05, 0) is 73.3 Å². The highest BCUT2D eigenvalue weighted by Crippen LogP contribution is 2.42. The highest BCUT2D eigenvalue weighted by atomic mass is 32.2. The molecule has 0 unspecified atom stereocenters. The quantitative estimate of drug-likeness (QED) is 0.0956. The van der Waals surface area contributed by atoms with Crippen LogP contribution in [0.4, 0.5) is 23.2 Å². The van der Waals surface area contributed by atoms with Crippen LogP contribution in [-0.2, 0) is 22.7 Å². The summed E-state index contributed by atoms with van der Waals surface area (Å²) in [5.41, 5.74) is 0.630. The number of piperidine rings is 1. The van der Waals surface area contributed by atoms with E-state index in [9.17, 15) is 30.8 Å². The summed E-state index contributed by atoms with van der Waals surface area (Å²) >= 11 is 0. The van der Waals surface area contributed by atoms with Gasteiger partial charge >= 0.3 is 6.18 Å². The molecule has 0 spiro atoms. The van der Waals surface area contributed by atoms with E-state index in [1.807, 2.05) is 0 Å². The average molecular weight is 694 g/mol. The van der Waals surface area contributed by atoms with Crippen molar-refractivity contribution in [2.24, 2.45) is 5.92 Å². The van der Waals surface area contributed by atoms with E-state index in [1.54, 1.807) is 16.9 Å². The molecule has 10 nitrogen and oxygen atoms in total. The van der Waals surface area contributed by atoms with E-state index in [-0.39, 0.29) is 34.0 Å². The molecule has 0 radical (unpaired) electrons. The lowest BCUT2D eigenvalue weighted by atomic mass is 9.97. The maximum Gasteiger partial charge on any atom is 0.415 e. The number of hydrogen-bond acceptors (Lipinski definition) is 6. The summed E-state index contributed by atoms with van der Waals surface area (Å²) in [5.74, 6) is -0.328. The number of benzene rings is 3. The number of carbonyl (C=O) groups excluding carboxylic acids is 1. The number of nitrogens with zero attached hydrogens (tertiary/aromatic N) is 5. The zero-order valence-electron chi connectivity index (χ0n) is 26.3. The van der Waals surface area contributed by atoms with Crippen molar-refractivity contribution in [1.82, 2.24) is 29.6 Å². The maximum atomic E-state index is 14.0. The maximum absolute atomic E-state index is 14.0. The second-order valence-corrected chi connectivity index (χ2v) is 13.7. The average Bonchev–Trinajstić information content (AvgIpc) is 3.69. The molecule has 0 atom stereocenters. The first kappa shape index (κ1) is 34.0. The van der Waals surface area contributed by atoms with E-state index in [2.05, 4.69) is 29.8 Å². The van der Waals surface area contributed by atoms with Crippen LogP contribution in [-0.4, -0.2) is 65.3 Å². The zero-order chi connectivity index (χ0) is 34.9. The number of Topliss-reactive ketones (excluding diaryl/α,β-unsaturated/α-hetero) is 1. The molecular formula is C34H31F4N7O3S. The van der Waals surface area contributed by atoms with Crippen molar-refractivity contribution in [3.8, 4) is 22.4 Å². The Morgan fingerprint density at radius 3 is 2.49 bits per heavy atom. The number of nitrogens with one attached hydrogen (secondary N) is 2. The van der Waals surface area contributed by atoms with Gasteiger partial charge in [0.15, 0.2) is 11.5 Å². The molecule has 1 aliphatic rings.